The summed E-state index contributed by atoms with van der Waals surface area (Å²) >= 11 is 0. The van der Waals surface area contributed by atoms with Gasteiger partial charge in [0.2, 0.25) is 0 Å². The number of fused-ring (bicyclic) bond motifs is 1. The number of hydrogen-bond donors (Lipinski definition) is 0. The van der Waals surface area contributed by atoms with E-state index in [1.165, 1.54) is 43.5 Å². The van der Waals surface area contributed by atoms with E-state index in [2.05, 4.69) is 126 Å². The lowest BCUT2D eigenvalue weighted by Crippen LogP contribution is -2.26. The number of para-hydroxylation sites is 1. The van der Waals surface area contributed by atoms with Gasteiger partial charge >= 0.3 is 0 Å². The van der Waals surface area contributed by atoms with Crippen LogP contribution in [0.5, 0.6) is 5.75 Å². The van der Waals surface area contributed by atoms with Crippen LogP contribution >= 0.6 is 15.8 Å². The monoisotopic (exact) mass is 510 g/mol. The number of benzene rings is 4. The molecule has 1 heterocycles. The summed E-state index contributed by atoms with van der Waals surface area (Å²) in [7, 11) is -1.14. The van der Waals surface area contributed by atoms with Crippen molar-refractivity contribution in [2.45, 2.75) is 52.4 Å². The fourth-order valence-electron chi connectivity index (χ4n) is 5.21. The van der Waals surface area contributed by atoms with Crippen molar-refractivity contribution in [1.82, 2.24) is 0 Å². The molecular formula is C33H36OP2. The Hall–Kier alpha value is -2.46. The van der Waals surface area contributed by atoms with E-state index >= 15 is 0 Å². The highest BCUT2D eigenvalue weighted by molar-refractivity contribution is 7.80. The molecule has 0 saturated carbocycles. The largest absolute Gasteiger partial charge is 0.492 e. The van der Waals surface area contributed by atoms with E-state index in [4.69, 9.17) is 4.74 Å². The third-order valence-corrected chi connectivity index (χ3v) is 12.6. The lowest BCUT2D eigenvalue weighted by atomic mass is 10.2. The van der Waals surface area contributed by atoms with Gasteiger partial charge in [-0.15, -0.1) is 0 Å². The van der Waals surface area contributed by atoms with E-state index in [0.717, 1.165) is 24.9 Å². The maximum absolute atomic E-state index is 6.24. The summed E-state index contributed by atoms with van der Waals surface area (Å²) in [5, 5.41) is 5.91. The smallest absolute Gasteiger partial charge is 0.130 e. The van der Waals surface area contributed by atoms with Crippen LogP contribution in [-0.4, -0.2) is 11.8 Å². The molecule has 0 amide bonds. The summed E-state index contributed by atoms with van der Waals surface area (Å²) < 4.78 is 6.24. The Labute approximate surface area is 219 Å². The maximum atomic E-state index is 6.24. The van der Waals surface area contributed by atoms with E-state index in [0.29, 0.717) is 0 Å². The van der Waals surface area contributed by atoms with Crippen molar-refractivity contribution in [3.63, 3.8) is 0 Å². The van der Waals surface area contributed by atoms with Gasteiger partial charge in [-0.25, -0.2) is 0 Å². The molecule has 0 radical (unpaired) electrons. The molecule has 0 fully saturated rings. The summed E-state index contributed by atoms with van der Waals surface area (Å²) in [5.41, 5.74) is 5.54. The molecule has 1 aliphatic heterocycles. The van der Waals surface area contributed by atoms with Crippen LogP contribution in [0.25, 0.3) is 0 Å². The first-order valence-electron chi connectivity index (χ1n) is 12.8. The summed E-state index contributed by atoms with van der Waals surface area (Å²) in [5.74, 6) is 1.12. The minimum absolute atomic E-state index is 0.204. The topological polar surface area (TPSA) is 9.23 Å². The second kappa shape index (κ2) is 10.5. The molecule has 36 heavy (non-hydrogen) atoms. The molecular weight excluding hydrogens is 474 g/mol. The molecule has 4 aromatic carbocycles. The third-order valence-electron chi connectivity index (χ3n) is 6.84. The SMILES string of the molecule is Cc1cc(C)cc(P(Cc2ccccc2P(c2ccccc2)c2cccc3c2OCC3)C(C)(C)C)c1. The van der Waals surface area contributed by atoms with Gasteiger partial charge in [-0.2, -0.15) is 0 Å². The van der Waals surface area contributed by atoms with Gasteiger partial charge in [-0.05, 0) is 60.1 Å². The molecule has 0 N–H and O–H groups in total. The minimum Gasteiger partial charge on any atom is -0.492 e. The van der Waals surface area contributed by atoms with Crippen molar-refractivity contribution < 1.29 is 4.74 Å². The van der Waals surface area contributed by atoms with E-state index < -0.39 is 15.8 Å². The predicted molar refractivity (Wildman–Crippen MR) is 160 cm³/mol. The van der Waals surface area contributed by atoms with Crippen LogP contribution in [0.15, 0.2) is 91.0 Å². The first-order valence-corrected chi connectivity index (χ1v) is 15.7. The molecule has 0 aliphatic carbocycles. The molecule has 2 atom stereocenters. The van der Waals surface area contributed by atoms with Gasteiger partial charge in [-0.1, -0.05) is 131 Å². The average molecular weight is 511 g/mol. The zero-order valence-corrected chi connectivity index (χ0v) is 23.9. The molecule has 0 bridgehead atoms. The van der Waals surface area contributed by atoms with Crippen LogP contribution in [0.4, 0.5) is 0 Å². The molecule has 0 aromatic heterocycles. The lowest BCUT2D eigenvalue weighted by Gasteiger charge is -2.34. The van der Waals surface area contributed by atoms with E-state index in [1.54, 1.807) is 0 Å². The highest BCUT2D eigenvalue weighted by Crippen LogP contribution is 2.52. The van der Waals surface area contributed by atoms with Gasteiger partial charge in [0, 0.05) is 11.7 Å². The molecule has 0 saturated heterocycles. The van der Waals surface area contributed by atoms with E-state index in [-0.39, 0.29) is 5.16 Å². The number of aryl methyl sites for hydroxylation is 2. The summed E-state index contributed by atoms with van der Waals surface area (Å²) in [4.78, 5) is 0. The van der Waals surface area contributed by atoms with Crippen molar-refractivity contribution in [3.05, 3.63) is 113 Å². The molecule has 1 aliphatic rings. The van der Waals surface area contributed by atoms with Crippen LogP contribution < -0.4 is 26.0 Å². The van der Waals surface area contributed by atoms with Gasteiger partial charge in [0.15, 0.2) is 0 Å². The van der Waals surface area contributed by atoms with Crippen molar-refractivity contribution >= 4 is 37.1 Å². The van der Waals surface area contributed by atoms with Crippen molar-refractivity contribution in [3.8, 4) is 5.75 Å². The number of hydrogen-bond acceptors (Lipinski definition) is 1. The Balaban J connectivity index is 1.65. The Morgan fingerprint density at radius 3 is 2.11 bits per heavy atom. The second-order valence-corrected chi connectivity index (χ2v) is 15.9. The van der Waals surface area contributed by atoms with Gasteiger partial charge < -0.3 is 4.74 Å². The second-order valence-electron chi connectivity index (χ2n) is 10.8. The minimum atomic E-state index is -0.732. The van der Waals surface area contributed by atoms with Crippen LogP contribution in [0.3, 0.4) is 0 Å². The highest BCUT2D eigenvalue weighted by Gasteiger charge is 2.30. The van der Waals surface area contributed by atoms with Crippen molar-refractivity contribution in [1.29, 1.82) is 0 Å². The van der Waals surface area contributed by atoms with Crippen LogP contribution in [-0.2, 0) is 12.6 Å². The molecule has 0 spiro atoms. The molecule has 3 heteroatoms. The summed E-state index contributed by atoms with van der Waals surface area (Å²) in [6, 6.07) is 34.2. The average Bonchev–Trinajstić information content (AvgIpc) is 3.33. The quantitative estimate of drug-likeness (QED) is 0.251. The van der Waals surface area contributed by atoms with Crippen LogP contribution in [0.2, 0.25) is 0 Å². The van der Waals surface area contributed by atoms with Crippen LogP contribution in [0.1, 0.15) is 43.0 Å². The maximum Gasteiger partial charge on any atom is 0.130 e. The van der Waals surface area contributed by atoms with Gasteiger partial charge in [-0.3, -0.25) is 0 Å². The zero-order chi connectivity index (χ0) is 25.3. The molecule has 184 valence electrons. The van der Waals surface area contributed by atoms with Crippen LogP contribution in [0, 0.1) is 13.8 Å². The van der Waals surface area contributed by atoms with Gasteiger partial charge in [0.1, 0.15) is 5.75 Å². The fraction of sp³-hybridized carbons (Fsp3) is 0.273. The molecule has 5 rings (SSSR count). The predicted octanol–water partition coefficient (Wildman–Crippen LogP) is 7.10. The summed E-state index contributed by atoms with van der Waals surface area (Å²) in [6.45, 7) is 12.5. The number of ether oxygens (including phenoxy) is 1. The zero-order valence-electron chi connectivity index (χ0n) is 22.1. The standard InChI is InChI=1S/C33H36OP2/c1-24-20-25(2)22-29(21-24)35(33(3,4)5)23-27-12-9-10-16-30(27)36(28-14-7-6-8-15-28)31-17-11-13-26-18-19-34-32(26)31/h6-17,20-22H,18-19,23H2,1-5H3. The Morgan fingerprint density at radius 1 is 0.722 bits per heavy atom. The Bertz CT molecular complexity index is 1330. The molecule has 1 nitrogen and oxygen atoms in total. The van der Waals surface area contributed by atoms with E-state index in [9.17, 15) is 0 Å². The number of rotatable bonds is 6. The van der Waals surface area contributed by atoms with E-state index in [1.807, 2.05) is 0 Å². The lowest BCUT2D eigenvalue weighted by molar-refractivity contribution is 0.359. The van der Waals surface area contributed by atoms with Gasteiger partial charge in [0.25, 0.3) is 0 Å². The molecule has 4 aromatic rings. The fourth-order valence-corrected chi connectivity index (χ4v) is 10.7. The first-order chi connectivity index (χ1) is 17.3. The highest BCUT2D eigenvalue weighted by atomic mass is 31.1. The third kappa shape index (κ3) is 5.29. The Morgan fingerprint density at radius 2 is 1.39 bits per heavy atom. The normalized spacial score (nSPS) is 14.7. The van der Waals surface area contributed by atoms with Gasteiger partial charge in [0.05, 0.1) is 6.61 Å². The Kier molecular flexibility index (Phi) is 7.35. The van der Waals surface area contributed by atoms with Crippen molar-refractivity contribution in [2.24, 2.45) is 0 Å². The summed E-state index contributed by atoms with van der Waals surface area (Å²) in [6.07, 6.45) is 2.09. The van der Waals surface area contributed by atoms with Crippen molar-refractivity contribution in [2.75, 3.05) is 6.61 Å². The first kappa shape index (κ1) is 25.2. The molecule has 2 unspecified atom stereocenters.